The lowest BCUT2D eigenvalue weighted by Crippen LogP contribution is -2.52. The third-order valence-corrected chi connectivity index (χ3v) is 9.75. The minimum atomic E-state index is -0.417. The number of hydrogen-bond donors (Lipinski definition) is 1. The van der Waals surface area contributed by atoms with E-state index in [1.165, 1.54) is 4.88 Å². The third-order valence-electron chi connectivity index (χ3n) is 7.77. The van der Waals surface area contributed by atoms with E-state index in [2.05, 4.69) is 28.7 Å². The second-order valence-electron chi connectivity index (χ2n) is 10.4. The van der Waals surface area contributed by atoms with Gasteiger partial charge in [0, 0.05) is 48.9 Å². The van der Waals surface area contributed by atoms with Crippen molar-refractivity contribution in [3.05, 3.63) is 51.2 Å². The number of hydrogen-bond acceptors (Lipinski definition) is 6. The van der Waals surface area contributed by atoms with E-state index in [0.717, 1.165) is 68.7 Å². The molecule has 5 rings (SSSR count). The lowest BCUT2D eigenvalue weighted by molar-refractivity contribution is -0.134. The summed E-state index contributed by atoms with van der Waals surface area (Å²) in [6.45, 7) is 6.38. The smallest absolute Gasteiger partial charge is 0.319 e. The number of amides is 4. The fraction of sp³-hybridized carbons (Fsp3) is 0.536. The van der Waals surface area contributed by atoms with Crippen LogP contribution in [0.3, 0.4) is 0 Å². The van der Waals surface area contributed by atoms with Crippen molar-refractivity contribution in [2.75, 3.05) is 56.3 Å². The molecule has 0 spiro atoms. The molecule has 0 unspecified atom stereocenters. The van der Waals surface area contributed by atoms with E-state index in [1.807, 2.05) is 34.9 Å². The molecule has 1 atom stereocenters. The molecule has 3 aliphatic heterocycles. The lowest BCUT2D eigenvalue weighted by atomic mass is 10.0. The summed E-state index contributed by atoms with van der Waals surface area (Å²) in [4.78, 5) is 48.8. The van der Waals surface area contributed by atoms with Gasteiger partial charge in [-0.05, 0) is 80.9 Å². The van der Waals surface area contributed by atoms with Gasteiger partial charge in [-0.1, -0.05) is 6.07 Å². The molecule has 1 N–H and O–H groups in total. The molecule has 2 saturated heterocycles. The molecular weight excluding hydrogens is 518 g/mol. The number of nitrogens with zero attached hydrogens (tertiary/aromatic N) is 4. The van der Waals surface area contributed by atoms with E-state index in [1.54, 1.807) is 28.0 Å². The summed E-state index contributed by atoms with van der Waals surface area (Å²) in [5, 5.41) is 5.09. The van der Waals surface area contributed by atoms with Crippen LogP contribution in [-0.4, -0.2) is 90.0 Å². The van der Waals surface area contributed by atoms with Crippen LogP contribution in [0.1, 0.15) is 45.6 Å². The number of aryl methyl sites for hydroxylation is 2. The van der Waals surface area contributed by atoms with E-state index < -0.39 is 6.04 Å². The van der Waals surface area contributed by atoms with Gasteiger partial charge < -0.3 is 24.9 Å². The van der Waals surface area contributed by atoms with Crippen molar-refractivity contribution in [1.29, 1.82) is 0 Å². The van der Waals surface area contributed by atoms with Crippen molar-refractivity contribution in [3.8, 4) is 0 Å². The SMILES string of the molecule is Cc1cc(C(=O)N2CCCCc3sccc32)ccc1CNC(=O)N1CSC[C@H]1C(=O)N1CCCN(C)CC1. The van der Waals surface area contributed by atoms with Gasteiger partial charge in [-0.25, -0.2) is 4.79 Å². The first-order valence-corrected chi connectivity index (χ1v) is 15.5. The van der Waals surface area contributed by atoms with Crippen LogP contribution in [0.4, 0.5) is 10.5 Å². The summed E-state index contributed by atoms with van der Waals surface area (Å²) >= 11 is 3.35. The van der Waals surface area contributed by atoms with Crippen molar-refractivity contribution in [2.24, 2.45) is 0 Å². The fourth-order valence-electron chi connectivity index (χ4n) is 5.43. The van der Waals surface area contributed by atoms with Gasteiger partial charge in [-0.2, -0.15) is 0 Å². The molecule has 4 heterocycles. The van der Waals surface area contributed by atoms with Crippen LogP contribution in [0.2, 0.25) is 0 Å². The van der Waals surface area contributed by atoms with Crippen molar-refractivity contribution >= 4 is 46.6 Å². The van der Waals surface area contributed by atoms with E-state index in [0.29, 0.717) is 30.3 Å². The van der Waals surface area contributed by atoms with Gasteiger partial charge in [0.1, 0.15) is 6.04 Å². The number of urea groups is 1. The fourth-order valence-corrected chi connectivity index (χ4v) is 7.50. The topological polar surface area (TPSA) is 76.2 Å². The monoisotopic (exact) mass is 555 g/mol. The van der Waals surface area contributed by atoms with E-state index in [4.69, 9.17) is 0 Å². The van der Waals surface area contributed by atoms with E-state index >= 15 is 0 Å². The highest BCUT2D eigenvalue weighted by atomic mass is 32.2. The Morgan fingerprint density at radius 2 is 1.89 bits per heavy atom. The molecule has 0 radical (unpaired) electrons. The van der Waals surface area contributed by atoms with Crippen LogP contribution in [0.15, 0.2) is 29.6 Å². The molecule has 2 aromatic rings. The van der Waals surface area contributed by atoms with Crippen LogP contribution < -0.4 is 10.2 Å². The number of likely N-dealkylation sites (N-methyl/N-ethyl adjacent to an activating group) is 1. The molecule has 1 aromatic heterocycles. The molecule has 2 fully saturated rings. The molecular formula is C28H37N5O3S2. The van der Waals surface area contributed by atoms with E-state index in [9.17, 15) is 14.4 Å². The average Bonchev–Trinajstić information content (AvgIpc) is 3.49. The maximum absolute atomic E-state index is 13.4. The van der Waals surface area contributed by atoms with Crippen molar-refractivity contribution in [2.45, 2.75) is 45.2 Å². The van der Waals surface area contributed by atoms with Gasteiger partial charge in [0.05, 0.1) is 11.6 Å². The minimum Gasteiger partial charge on any atom is -0.340 e. The predicted octanol–water partition coefficient (Wildman–Crippen LogP) is 3.79. The summed E-state index contributed by atoms with van der Waals surface area (Å²) in [6.07, 6.45) is 4.10. The Morgan fingerprint density at radius 1 is 1.03 bits per heavy atom. The number of fused-ring (bicyclic) bond motifs is 1. The average molecular weight is 556 g/mol. The second-order valence-corrected chi connectivity index (χ2v) is 12.4. The summed E-state index contributed by atoms with van der Waals surface area (Å²) in [6, 6.07) is 7.15. The molecule has 0 aliphatic carbocycles. The largest absolute Gasteiger partial charge is 0.340 e. The Bertz CT molecular complexity index is 1180. The number of benzene rings is 1. The zero-order valence-electron chi connectivity index (χ0n) is 22.3. The van der Waals surface area contributed by atoms with Crippen LogP contribution in [0, 0.1) is 6.92 Å². The number of carbonyl (C=O) groups is 3. The molecule has 0 saturated carbocycles. The second kappa shape index (κ2) is 12.1. The first-order chi connectivity index (χ1) is 18.4. The normalized spacial score (nSPS) is 20.6. The van der Waals surface area contributed by atoms with Crippen molar-refractivity contribution in [3.63, 3.8) is 0 Å². The Kier molecular flexibility index (Phi) is 8.60. The van der Waals surface area contributed by atoms with Crippen molar-refractivity contribution < 1.29 is 14.4 Å². The molecule has 4 amide bonds. The van der Waals surface area contributed by atoms with Gasteiger partial charge in [0.15, 0.2) is 0 Å². The Morgan fingerprint density at radius 3 is 2.74 bits per heavy atom. The third kappa shape index (κ3) is 5.87. The molecule has 3 aliphatic rings. The highest BCUT2D eigenvalue weighted by Gasteiger charge is 2.37. The highest BCUT2D eigenvalue weighted by molar-refractivity contribution is 7.99. The first kappa shape index (κ1) is 27.0. The quantitative estimate of drug-likeness (QED) is 0.622. The standard InChI is InChI=1S/C28H37N5O3S2/c1-20-16-21(26(34)32-12-4-3-6-25-23(32)9-15-38-25)7-8-22(20)17-29-28(36)33-19-37-18-24(33)27(35)31-11-5-10-30(2)13-14-31/h7-9,15-16,24H,3-6,10-14,17-19H2,1-2H3,(H,29,36)/t24-/m0/s1. The number of thioether (sulfide) groups is 1. The minimum absolute atomic E-state index is 0.0281. The summed E-state index contributed by atoms with van der Waals surface area (Å²) < 4.78 is 0. The number of rotatable bonds is 4. The van der Waals surface area contributed by atoms with Gasteiger partial charge in [0.2, 0.25) is 5.91 Å². The highest BCUT2D eigenvalue weighted by Crippen LogP contribution is 2.32. The predicted molar refractivity (Wildman–Crippen MR) is 154 cm³/mol. The van der Waals surface area contributed by atoms with Crippen molar-refractivity contribution in [1.82, 2.24) is 20.0 Å². The molecule has 10 heteroatoms. The Labute approximate surface area is 233 Å². The maximum Gasteiger partial charge on any atom is 0.319 e. The van der Waals surface area contributed by atoms with Crippen LogP contribution in [-0.2, 0) is 17.8 Å². The zero-order chi connectivity index (χ0) is 26.6. The summed E-state index contributed by atoms with van der Waals surface area (Å²) in [7, 11) is 2.08. The summed E-state index contributed by atoms with van der Waals surface area (Å²) in [5.74, 6) is 1.24. The van der Waals surface area contributed by atoms with Crippen LogP contribution in [0.5, 0.6) is 0 Å². The first-order valence-electron chi connectivity index (χ1n) is 13.5. The van der Waals surface area contributed by atoms with Gasteiger partial charge in [-0.3, -0.25) is 9.59 Å². The van der Waals surface area contributed by atoms with Crippen LogP contribution in [0.25, 0.3) is 0 Å². The number of nitrogens with one attached hydrogen (secondary N) is 1. The molecule has 204 valence electrons. The maximum atomic E-state index is 13.4. The summed E-state index contributed by atoms with van der Waals surface area (Å²) in [5.41, 5.74) is 3.65. The zero-order valence-corrected chi connectivity index (χ0v) is 23.9. The lowest BCUT2D eigenvalue weighted by Gasteiger charge is -2.29. The molecule has 8 nitrogen and oxygen atoms in total. The number of carbonyl (C=O) groups excluding carboxylic acids is 3. The van der Waals surface area contributed by atoms with Crippen LogP contribution >= 0.6 is 23.1 Å². The van der Waals surface area contributed by atoms with Gasteiger partial charge >= 0.3 is 6.03 Å². The Balaban J connectivity index is 1.20. The molecule has 1 aromatic carbocycles. The Hall–Kier alpha value is -2.56. The van der Waals surface area contributed by atoms with Gasteiger partial charge in [0.25, 0.3) is 5.91 Å². The van der Waals surface area contributed by atoms with Gasteiger partial charge in [-0.15, -0.1) is 23.1 Å². The molecule has 0 bridgehead atoms. The van der Waals surface area contributed by atoms with E-state index in [-0.39, 0.29) is 17.8 Å². The number of anilines is 1. The molecule has 38 heavy (non-hydrogen) atoms. The number of thiophene rings is 1.